The predicted molar refractivity (Wildman–Crippen MR) is 130 cm³/mol. The van der Waals surface area contributed by atoms with Gasteiger partial charge in [-0.2, -0.15) is 0 Å². The molecule has 3 unspecified atom stereocenters. The van der Waals surface area contributed by atoms with Gasteiger partial charge in [-0.1, -0.05) is 29.8 Å². The van der Waals surface area contributed by atoms with E-state index in [9.17, 15) is 4.79 Å². The smallest absolute Gasteiger partial charge is 0.238 e. The summed E-state index contributed by atoms with van der Waals surface area (Å²) in [6.07, 6.45) is 4.19. The largest absolute Gasteiger partial charge is 0.497 e. The maximum Gasteiger partial charge on any atom is 0.238 e. The lowest BCUT2D eigenvalue weighted by molar-refractivity contribution is -0.124. The molecule has 33 heavy (non-hydrogen) atoms. The van der Waals surface area contributed by atoms with Gasteiger partial charge in [-0.3, -0.25) is 9.69 Å². The van der Waals surface area contributed by atoms with Crippen LogP contribution in [0.25, 0.3) is 0 Å². The van der Waals surface area contributed by atoms with Gasteiger partial charge in [0.1, 0.15) is 11.8 Å². The van der Waals surface area contributed by atoms with Crippen LogP contribution in [0.1, 0.15) is 42.0 Å². The summed E-state index contributed by atoms with van der Waals surface area (Å²) in [4.78, 5) is 15.5. The van der Waals surface area contributed by atoms with Gasteiger partial charge in [0, 0.05) is 24.0 Å². The topological polar surface area (TPSA) is 65.6 Å². The van der Waals surface area contributed by atoms with Crippen LogP contribution in [0.2, 0.25) is 5.02 Å². The summed E-state index contributed by atoms with van der Waals surface area (Å²) in [7, 11) is 1.70. The van der Waals surface area contributed by atoms with Crippen molar-refractivity contribution < 1.29 is 9.53 Å². The first-order valence-electron chi connectivity index (χ1n) is 12.0. The van der Waals surface area contributed by atoms with Crippen molar-refractivity contribution in [3.63, 3.8) is 0 Å². The fourth-order valence-corrected chi connectivity index (χ4v) is 5.85. The molecule has 0 spiro atoms. The van der Waals surface area contributed by atoms with Gasteiger partial charge in [-0.05, 0) is 85.6 Å². The van der Waals surface area contributed by atoms with Crippen LogP contribution in [-0.4, -0.2) is 43.6 Å². The van der Waals surface area contributed by atoms with Crippen LogP contribution >= 0.6 is 11.6 Å². The van der Waals surface area contributed by atoms with Crippen LogP contribution in [-0.2, 0) is 17.8 Å². The van der Waals surface area contributed by atoms with E-state index in [-0.39, 0.29) is 23.9 Å². The van der Waals surface area contributed by atoms with E-state index in [0.29, 0.717) is 5.92 Å². The van der Waals surface area contributed by atoms with E-state index < -0.39 is 0 Å². The van der Waals surface area contributed by atoms with Crippen LogP contribution in [0.5, 0.6) is 5.75 Å². The Kier molecular flexibility index (Phi) is 6.88. The summed E-state index contributed by atoms with van der Waals surface area (Å²) >= 11 is 6.12. The molecule has 2 heterocycles. The normalized spacial score (nSPS) is 25.3. The molecule has 2 aromatic rings. The molecule has 0 radical (unpaired) electrons. The van der Waals surface area contributed by atoms with E-state index in [4.69, 9.17) is 16.3 Å². The maximum absolute atomic E-state index is 13.0. The highest BCUT2D eigenvalue weighted by molar-refractivity contribution is 6.30. The van der Waals surface area contributed by atoms with E-state index in [0.717, 1.165) is 62.6 Å². The van der Waals surface area contributed by atoms with Crippen molar-refractivity contribution >= 4 is 17.5 Å². The van der Waals surface area contributed by atoms with Crippen LogP contribution in [0, 0.1) is 11.8 Å². The second kappa shape index (κ2) is 10.0. The first kappa shape index (κ1) is 22.7. The number of hydrogen-bond acceptors (Lipinski definition) is 5. The number of nitrogens with zero attached hydrogens (tertiary/aromatic N) is 1. The molecular weight excluding hydrogens is 436 g/mol. The Bertz CT molecular complexity index is 992. The number of carbonyl (C=O) groups excluding carboxylic acids is 1. The number of rotatable bonds is 6. The third-order valence-corrected chi connectivity index (χ3v) is 7.77. The van der Waals surface area contributed by atoms with Crippen LogP contribution in [0.3, 0.4) is 0 Å². The van der Waals surface area contributed by atoms with E-state index in [1.807, 2.05) is 24.3 Å². The fourth-order valence-electron chi connectivity index (χ4n) is 5.64. The number of hydrazine groups is 1. The summed E-state index contributed by atoms with van der Waals surface area (Å²) in [5.74, 6) is 1.82. The zero-order valence-electron chi connectivity index (χ0n) is 19.1. The predicted octanol–water partition coefficient (Wildman–Crippen LogP) is 3.46. The van der Waals surface area contributed by atoms with E-state index in [1.165, 1.54) is 16.7 Å². The molecule has 2 aromatic carbocycles. The third-order valence-electron chi connectivity index (χ3n) is 7.53. The van der Waals surface area contributed by atoms with Crippen LogP contribution < -0.4 is 20.9 Å². The summed E-state index contributed by atoms with van der Waals surface area (Å²) in [5, 5.41) is 4.04. The van der Waals surface area contributed by atoms with Gasteiger partial charge in [0.05, 0.1) is 13.2 Å². The molecule has 0 aromatic heterocycles. The van der Waals surface area contributed by atoms with Crippen molar-refractivity contribution in [1.29, 1.82) is 0 Å². The fraction of sp³-hybridized carbons (Fsp3) is 0.500. The van der Waals surface area contributed by atoms with Crippen molar-refractivity contribution in [2.24, 2.45) is 11.8 Å². The van der Waals surface area contributed by atoms with Crippen molar-refractivity contribution in [2.75, 3.05) is 26.7 Å². The van der Waals surface area contributed by atoms with E-state index in [2.05, 4.69) is 39.3 Å². The number of amides is 1. The molecule has 7 heteroatoms. The van der Waals surface area contributed by atoms with Gasteiger partial charge in [0.15, 0.2) is 0 Å². The maximum atomic E-state index is 13.0. The van der Waals surface area contributed by atoms with Gasteiger partial charge >= 0.3 is 0 Å². The standard InChI is InChI=1S/C26H33ClN4O2/c1-33-21-6-8-22-19(14-21)5-7-23-24(22)29-30-25(23)26(32)28-15-17-9-11-31(12-10-17)16-18-3-2-4-20(27)13-18/h2-4,6,8,13-14,17,23-25,29-30H,5,7,9-12,15-16H2,1H3,(H,28,32). The lowest BCUT2D eigenvalue weighted by Gasteiger charge is -2.33. The summed E-state index contributed by atoms with van der Waals surface area (Å²) < 4.78 is 5.37. The molecule has 1 aliphatic carbocycles. The minimum atomic E-state index is -0.187. The van der Waals surface area contributed by atoms with Crippen molar-refractivity contribution in [2.45, 2.75) is 44.3 Å². The lowest BCUT2D eigenvalue weighted by atomic mass is 9.77. The van der Waals surface area contributed by atoms with Gasteiger partial charge in [0.25, 0.3) is 0 Å². The minimum Gasteiger partial charge on any atom is -0.497 e. The van der Waals surface area contributed by atoms with Gasteiger partial charge in [-0.25, -0.2) is 10.9 Å². The second-order valence-electron chi connectivity index (χ2n) is 9.61. The molecule has 3 N–H and O–H groups in total. The minimum absolute atomic E-state index is 0.119. The molecule has 3 atom stereocenters. The number of hydrogen-bond donors (Lipinski definition) is 3. The zero-order chi connectivity index (χ0) is 22.8. The Labute approximate surface area is 201 Å². The number of halogens is 1. The number of benzene rings is 2. The molecule has 6 nitrogen and oxygen atoms in total. The van der Waals surface area contributed by atoms with Crippen molar-refractivity contribution in [3.05, 3.63) is 64.2 Å². The average Bonchev–Trinajstić information content (AvgIpc) is 3.28. The molecular formula is C26H33ClN4O2. The van der Waals surface area contributed by atoms with Crippen LogP contribution in [0.4, 0.5) is 0 Å². The third kappa shape index (κ3) is 5.04. The molecule has 3 aliphatic rings. The van der Waals surface area contributed by atoms with Gasteiger partial charge in [-0.15, -0.1) is 0 Å². The molecule has 2 saturated heterocycles. The zero-order valence-corrected chi connectivity index (χ0v) is 19.9. The molecule has 2 fully saturated rings. The molecule has 1 amide bonds. The van der Waals surface area contributed by atoms with Crippen molar-refractivity contribution in [3.8, 4) is 5.75 Å². The molecule has 176 valence electrons. The summed E-state index contributed by atoms with van der Waals surface area (Å²) in [6, 6.07) is 14.4. The van der Waals surface area contributed by atoms with E-state index >= 15 is 0 Å². The van der Waals surface area contributed by atoms with Gasteiger partial charge in [0.2, 0.25) is 5.91 Å². The lowest BCUT2D eigenvalue weighted by Crippen LogP contribution is -2.47. The van der Waals surface area contributed by atoms with Crippen molar-refractivity contribution in [1.82, 2.24) is 21.1 Å². The molecule has 2 aliphatic heterocycles. The Morgan fingerprint density at radius 3 is 2.79 bits per heavy atom. The first-order valence-corrected chi connectivity index (χ1v) is 12.4. The van der Waals surface area contributed by atoms with Crippen LogP contribution in [0.15, 0.2) is 42.5 Å². The Morgan fingerprint density at radius 2 is 2.00 bits per heavy atom. The average molecular weight is 469 g/mol. The highest BCUT2D eigenvalue weighted by Crippen LogP contribution is 2.40. The number of aryl methyl sites for hydroxylation is 1. The number of nitrogens with one attached hydrogen (secondary N) is 3. The highest BCUT2D eigenvalue weighted by Gasteiger charge is 2.43. The van der Waals surface area contributed by atoms with E-state index in [1.54, 1.807) is 7.11 Å². The number of carbonyl (C=O) groups is 1. The molecule has 5 rings (SSSR count). The van der Waals surface area contributed by atoms with Gasteiger partial charge < -0.3 is 10.1 Å². The Balaban J connectivity index is 1.10. The number of piperidine rings is 1. The Hall–Kier alpha value is -2.12. The number of likely N-dealkylation sites (tertiary alicyclic amines) is 1. The number of ether oxygens (including phenoxy) is 1. The monoisotopic (exact) mass is 468 g/mol. The molecule has 0 saturated carbocycles. The Morgan fingerprint density at radius 1 is 1.15 bits per heavy atom. The summed E-state index contributed by atoms with van der Waals surface area (Å²) in [5.41, 5.74) is 10.5. The highest BCUT2D eigenvalue weighted by atomic mass is 35.5. The second-order valence-corrected chi connectivity index (χ2v) is 10.0. The number of methoxy groups -OCH3 is 1. The SMILES string of the molecule is COc1ccc2c(c1)CCC1C(C(=O)NCC3CCN(Cc4cccc(Cl)c4)CC3)NNC21. The summed E-state index contributed by atoms with van der Waals surface area (Å²) in [6.45, 7) is 3.81. The first-order chi connectivity index (χ1) is 16.1. The quantitative estimate of drug-likeness (QED) is 0.606. The molecule has 0 bridgehead atoms. The number of fused-ring (bicyclic) bond motifs is 3.